The lowest BCUT2D eigenvalue weighted by molar-refractivity contribution is 0.275. The van der Waals surface area contributed by atoms with E-state index < -0.39 is 7.82 Å². The summed E-state index contributed by atoms with van der Waals surface area (Å²) in [5, 5.41) is 0. The third kappa shape index (κ3) is 13.0. The highest BCUT2D eigenvalue weighted by Crippen LogP contribution is 2.25. The molecule has 7 heteroatoms. The zero-order valence-corrected chi connectivity index (χ0v) is 8.21. The largest absolute Gasteiger partial charge is 0.466 e. The van der Waals surface area contributed by atoms with Gasteiger partial charge >= 0.3 is 7.82 Å². The van der Waals surface area contributed by atoms with Crippen LogP contribution in [0.5, 0.6) is 0 Å². The molecule has 0 unspecified atom stereocenters. The molecule has 0 atom stereocenters. The molecule has 0 spiro atoms. The Morgan fingerprint density at radius 1 is 1.08 bits per heavy atom. The van der Waals surface area contributed by atoms with Crippen molar-refractivity contribution in [2.24, 2.45) is 0 Å². The molecule has 0 aromatic heterocycles. The summed E-state index contributed by atoms with van der Waals surface area (Å²) in [6.07, 6.45) is 3.93. The van der Waals surface area contributed by atoms with Gasteiger partial charge in [0, 0.05) is 13.1 Å². The van der Waals surface area contributed by atoms with Gasteiger partial charge in [-0.1, -0.05) is 6.42 Å². The van der Waals surface area contributed by atoms with E-state index in [1.165, 1.54) is 19.3 Å². The molecular weight excluding hydrogens is 204 g/mol. The monoisotopic (exact) mass is 217 g/mol. The van der Waals surface area contributed by atoms with E-state index in [-0.39, 0.29) is 0 Å². The summed E-state index contributed by atoms with van der Waals surface area (Å²) >= 11 is 5.65. The van der Waals surface area contributed by atoms with Crippen LogP contribution in [0.3, 0.4) is 0 Å². The first-order chi connectivity index (χ1) is 5.39. The zero-order valence-electron chi connectivity index (χ0n) is 6.56. The maximum Gasteiger partial charge on any atom is 0.466 e. The molecule has 1 saturated heterocycles. The van der Waals surface area contributed by atoms with Crippen LogP contribution in [0.4, 0.5) is 0 Å². The molecule has 0 amide bonds. The number of nitrogens with zero attached hydrogens (tertiary/aromatic N) is 1. The Morgan fingerprint density at radius 2 is 1.42 bits per heavy atom. The SMILES string of the molecule is ClN1CCCCC1.O=P(O)(O)O. The summed E-state index contributed by atoms with van der Waals surface area (Å²) in [4.78, 5) is 21.6. The molecular formula is C5H13ClNO4P. The Balaban J connectivity index is 0.000000217. The van der Waals surface area contributed by atoms with Crippen LogP contribution in [0.15, 0.2) is 0 Å². The predicted octanol–water partition coefficient (Wildman–Crippen LogP) is 0.697. The minimum Gasteiger partial charge on any atom is -0.303 e. The maximum atomic E-state index is 8.88. The van der Waals surface area contributed by atoms with Crippen LogP contribution in [-0.2, 0) is 4.57 Å². The normalized spacial score (nSPS) is 19.7. The van der Waals surface area contributed by atoms with Gasteiger partial charge in [0.05, 0.1) is 0 Å². The van der Waals surface area contributed by atoms with Gasteiger partial charge in [0.1, 0.15) is 0 Å². The van der Waals surface area contributed by atoms with Gasteiger partial charge in [0.15, 0.2) is 0 Å². The van der Waals surface area contributed by atoms with E-state index in [4.69, 9.17) is 31.0 Å². The molecule has 1 aliphatic rings. The summed E-state index contributed by atoms with van der Waals surface area (Å²) in [5.41, 5.74) is 0. The number of phosphoric acid groups is 1. The molecule has 12 heavy (non-hydrogen) atoms. The topological polar surface area (TPSA) is 81.0 Å². The van der Waals surface area contributed by atoms with E-state index in [1.54, 1.807) is 0 Å². The molecule has 1 aliphatic heterocycles. The van der Waals surface area contributed by atoms with Crippen molar-refractivity contribution in [3.05, 3.63) is 0 Å². The van der Waals surface area contributed by atoms with Gasteiger partial charge in [-0.15, -0.1) is 0 Å². The standard InChI is InChI=1S/C5H10ClN.H3O4P/c6-7-4-2-1-3-5-7;1-5(2,3)4/h1-5H2;(H3,1,2,3,4). The zero-order chi connectivity index (χ0) is 9.61. The van der Waals surface area contributed by atoms with Crippen LogP contribution in [0, 0.1) is 0 Å². The van der Waals surface area contributed by atoms with E-state index in [0.29, 0.717) is 0 Å². The molecule has 0 aromatic carbocycles. The number of hydrogen-bond donors (Lipinski definition) is 3. The van der Waals surface area contributed by atoms with Crippen molar-refractivity contribution in [1.29, 1.82) is 0 Å². The second-order valence-corrected chi connectivity index (χ2v) is 3.99. The van der Waals surface area contributed by atoms with Gasteiger partial charge in [-0.2, -0.15) is 0 Å². The van der Waals surface area contributed by atoms with Crippen molar-refractivity contribution in [2.45, 2.75) is 19.3 Å². The highest BCUT2D eigenvalue weighted by atomic mass is 35.5. The second kappa shape index (κ2) is 5.91. The lowest BCUT2D eigenvalue weighted by Crippen LogP contribution is -2.19. The van der Waals surface area contributed by atoms with Gasteiger partial charge in [-0.3, -0.25) is 0 Å². The van der Waals surface area contributed by atoms with E-state index >= 15 is 0 Å². The lowest BCUT2D eigenvalue weighted by Gasteiger charge is -2.17. The first-order valence-electron chi connectivity index (χ1n) is 3.58. The van der Waals surface area contributed by atoms with Crippen LogP contribution in [0.25, 0.3) is 0 Å². The molecule has 5 nitrogen and oxygen atoms in total. The Hall–Kier alpha value is 0.360. The van der Waals surface area contributed by atoms with Crippen molar-refractivity contribution in [2.75, 3.05) is 13.1 Å². The lowest BCUT2D eigenvalue weighted by atomic mass is 10.2. The van der Waals surface area contributed by atoms with Gasteiger partial charge in [-0.05, 0) is 24.6 Å². The van der Waals surface area contributed by atoms with Crippen molar-refractivity contribution < 1.29 is 19.2 Å². The Labute approximate surface area is 76.3 Å². The molecule has 74 valence electrons. The Morgan fingerprint density at radius 3 is 1.58 bits per heavy atom. The molecule has 0 radical (unpaired) electrons. The molecule has 1 fully saturated rings. The van der Waals surface area contributed by atoms with Gasteiger partial charge < -0.3 is 14.7 Å². The van der Waals surface area contributed by atoms with Crippen molar-refractivity contribution >= 4 is 19.6 Å². The number of rotatable bonds is 0. The molecule has 0 aliphatic carbocycles. The maximum absolute atomic E-state index is 8.88. The summed E-state index contributed by atoms with van der Waals surface area (Å²) in [6, 6.07) is 0. The van der Waals surface area contributed by atoms with E-state index in [1.807, 2.05) is 4.42 Å². The third-order valence-electron chi connectivity index (χ3n) is 1.30. The average molecular weight is 218 g/mol. The fourth-order valence-corrected chi connectivity index (χ4v) is 1.09. The Kier molecular flexibility index (Phi) is 6.09. The minimum absolute atomic E-state index is 1.08. The van der Waals surface area contributed by atoms with Crippen molar-refractivity contribution in [3.63, 3.8) is 0 Å². The number of halogens is 1. The summed E-state index contributed by atoms with van der Waals surface area (Å²) in [6.45, 7) is 2.17. The minimum atomic E-state index is -4.64. The summed E-state index contributed by atoms with van der Waals surface area (Å²) < 4.78 is 10.7. The van der Waals surface area contributed by atoms with E-state index in [0.717, 1.165) is 13.1 Å². The van der Waals surface area contributed by atoms with Gasteiger partial charge in [0.25, 0.3) is 0 Å². The molecule has 0 bridgehead atoms. The Bertz CT molecular complexity index is 147. The van der Waals surface area contributed by atoms with Gasteiger partial charge in [-0.25, -0.2) is 8.98 Å². The highest BCUT2D eigenvalue weighted by Gasteiger charge is 2.04. The number of piperidine rings is 1. The summed E-state index contributed by atoms with van der Waals surface area (Å²) in [7, 11) is -4.64. The quantitative estimate of drug-likeness (QED) is 0.411. The predicted molar refractivity (Wildman–Crippen MR) is 45.5 cm³/mol. The third-order valence-corrected chi connectivity index (χ3v) is 1.64. The average Bonchev–Trinajstić information content (AvgIpc) is 1.85. The van der Waals surface area contributed by atoms with E-state index in [9.17, 15) is 0 Å². The van der Waals surface area contributed by atoms with Crippen LogP contribution in [0.2, 0.25) is 0 Å². The smallest absolute Gasteiger partial charge is 0.303 e. The number of hydrogen-bond acceptors (Lipinski definition) is 2. The fourth-order valence-electron chi connectivity index (χ4n) is 0.855. The second-order valence-electron chi connectivity index (χ2n) is 2.48. The van der Waals surface area contributed by atoms with Crippen LogP contribution in [-0.4, -0.2) is 32.2 Å². The molecule has 0 aromatic rings. The molecule has 3 N–H and O–H groups in total. The van der Waals surface area contributed by atoms with Crippen LogP contribution in [0.1, 0.15) is 19.3 Å². The molecule has 1 rings (SSSR count). The fraction of sp³-hybridized carbons (Fsp3) is 1.00. The first kappa shape index (κ1) is 12.4. The summed E-state index contributed by atoms with van der Waals surface area (Å²) in [5.74, 6) is 0. The van der Waals surface area contributed by atoms with Crippen molar-refractivity contribution in [3.8, 4) is 0 Å². The van der Waals surface area contributed by atoms with Crippen LogP contribution >= 0.6 is 19.6 Å². The van der Waals surface area contributed by atoms with Gasteiger partial charge in [0.2, 0.25) is 0 Å². The molecule has 1 heterocycles. The van der Waals surface area contributed by atoms with Crippen molar-refractivity contribution in [1.82, 2.24) is 4.42 Å². The van der Waals surface area contributed by atoms with E-state index in [2.05, 4.69) is 0 Å². The first-order valence-corrected chi connectivity index (χ1v) is 5.49. The van der Waals surface area contributed by atoms with Crippen LogP contribution < -0.4 is 0 Å². The highest BCUT2D eigenvalue weighted by molar-refractivity contribution is 7.45. The molecule has 0 saturated carbocycles.